The van der Waals surface area contributed by atoms with Crippen LogP contribution in [0.1, 0.15) is 61.5 Å². The minimum atomic E-state index is -0.643. The number of aromatic amines is 1. The van der Waals surface area contributed by atoms with Gasteiger partial charge in [-0.1, -0.05) is 6.07 Å². The van der Waals surface area contributed by atoms with Crippen molar-refractivity contribution in [2.45, 2.75) is 33.6 Å². The van der Waals surface area contributed by atoms with Crippen molar-refractivity contribution >= 4 is 34.8 Å². The van der Waals surface area contributed by atoms with Crippen molar-refractivity contribution in [1.82, 2.24) is 4.98 Å². The Balaban J connectivity index is 1.94. The number of carbonyl (C=O) groups is 4. The van der Waals surface area contributed by atoms with Crippen LogP contribution >= 0.6 is 11.3 Å². The van der Waals surface area contributed by atoms with Gasteiger partial charge in [-0.25, -0.2) is 4.79 Å². The highest BCUT2D eigenvalue weighted by Gasteiger charge is 2.26. The van der Waals surface area contributed by atoms with E-state index in [2.05, 4.69) is 4.98 Å². The molecule has 8 heteroatoms. The summed E-state index contributed by atoms with van der Waals surface area (Å²) in [5.41, 5.74) is 1.34. The predicted octanol–water partition coefficient (Wildman–Crippen LogP) is 3.26. The number of thiophene rings is 1. The molecule has 7 nitrogen and oxygen atoms in total. The molecule has 0 saturated carbocycles. The first-order valence-corrected chi connectivity index (χ1v) is 9.34. The molecule has 0 aromatic carbocycles. The number of aromatic nitrogens is 1. The molecule has 0 aliphatic heterocycles. The van der Waals surface area contributed by atoms with Gasteiger partial charge in [-0.05, 0) is 32.2 Å². The second kappa shape index (κ2) is 9.27. The molecule has 0 saturated heterocycles. The molecule has 0 aliphatic carbocycles. The Kier molecular flexibility index (Phi) is 7.06. The fourth-order valence-corrected chi connectivity index (χ4v) is 3.35. The van der Waals surface area contributed by atoms with Crippen LogP contribution in [-0.2, 0) is 14.3 Å². The van der Waals surface area contributed by atoms with Crippen LogP contribution in [-0.4, -0.2) is 41.7 Å². The van der Waals surface area contributed by atoms with Gasteiger partial charge in [-0.3, -0.25) is 14.4 Å². The second-order valence-corrected chi connectivity index (χ2v) is 6.78. The van der Waals surface area contributed by atoms with Crippen LogP contribution in [0.25, 0.3) is 0 Å². The molecular weight excluding hydrogens is 370 g/mol. The quantitative estimate of drug-likeness (QED) is 0.520. The Bertz CT molecular complexity index is 850. The van der Waals surface area contributed by atoms with Crippen molar-refractivity contribution in [1.29, 1.82) is 0 Å². The van der Waals surface area contributed by atoms with Crippen molar-refractivity contribution in [3.8, 4) is 0 Å². The normalized spacial score (nSPS) is 10.5. The maximum absolute atomic E-state index is 12.5. The first-order valence-electron chi connectivity index (χ1n) is 8.47. The van der Waals surface area contributed by atoms with E-state index >= 15 is 0 Å². The third-order valence-corrected chi connectivity index (χ3v) is 4.76. The third-order valence-electron chi connectivity index (χ3n) is 3.85. The van der Waals surface area contributed by atoms with E-state index in [0.717, 1.165) is 0 Å². The predicted molar refractivity (Wildman–Crippen MR) is 99.4 cm³/mol. The number of aryl methyl sites for hydroxylation is 2. The van der Waals surface area contributed by atoms with Crippen molar-refractivity contribution in [2.24, 2.45) is 0 Å². The molecule has 0 unspecified atom stereocenters. The summed E-state index contributed by atoms with van der Waals surface area (Å²) in [5, 5.41) is 1.78. The SMILES string of the molecule is CCOC(=O)c1c(C)[nH]c(C)c1C(=O)COC(=O)CCC(=O)c1cccs1. The maximum atomic E-state index is 12.5. The Labute approximate surface area is 160 Å². The average Bonchev–Trinajstić information content (AvgIpc) is 3.25. The summed E-state index contributed by atoms with van der Waals surface area (Å²) in [6.07, 6.45) is -0.0935. The van der Waals surface area contributed by atoms with Gasteiger partial charge in [0.1, 0.15) is 0 Å². The van der Waals surface area contributed by atoms with Gasteiger partial charge in [0.15, 0.2) is 12.4 Å². The van der Waals surface area contributed by atoms with Crippen LogP contribution < -0.4 is 0 Å². The van der Waals surface area contributed by atoms with E-state index in [1.165, 1.54) is 11.3 Å². The van der Waals surface area contributed by atoms with Gasteiger partial charge in [-0.15, -0.1) is 11.3 Å². The van der Waals surface area contributed by atoms with E-state index in [-0.39, 0.29) is 36.4 Å². The zero-order chi connectivity index (χ0) is 20.0. The van der Waals surface area contributed by atoms with Crippen molar-refractivity contribution < 1.29 is 28.7 Å². The van der Waals surface area contributed by atoms with Gasteiger partial charge < -0.3 is 14.5 Å². The van der Waals surface area contributed by atoms with E-state index in [0.29, 0.717) is 16.3 Å². The summed E-state index contributed by atoms with van der Waals surface area (Å²) in [5.74, 6) is -1.89. The first-order chi connectivity index (χ1) is 12.8. The van der Waals surface area contributed by atoms with Gasteiger partial charge in [0.05, 0.1) is 29.0 Å². The topological polar surface area (TPSA) is 103 Å². The third kappa shape index (κ3) is 5.13. The maximum Gasteiger partial charge on any atom is 0.340 e. The number of H-pyrrole nitrogens is 1. The smallest absolute Gasteiger partial charge is 0.340 e. The number of esters is 2. The Morgan fingerprint density at radius 3 is 2.33 bits per heavy atom. The summed E-state index contributed by atoms with van der Waals surface area (Å²) in [6.45, 7) is 4.68. The van der Waals surface area contributed by atoms with Gasteiger partial charge >= 0.3 is 11.9 Å². The fraction of sp³-hybridized carbons (Fsp3) is 0.368. The summed E-state index contributed by atoms with van der Waals surface area (Å²) in [6, 6.07) is 3.45. The lowest BCUT2D eigenvalue weighted by atomic mass is 10.1. The lowest BCUT2D eigenvalue weighted by Gasteiger charge is -2.07. The zero-order valence-electron chi connectivity index (χ0n) is 15.4. The van der Waals surface area contributed by atoms with Crippen LogP contribution in [0.15, 0.2) is 17.5 Å². The van der Waals surface area contributed by atoms with E-state index in [1.54, 1.807) is 38.3 Å². The molecule has 0 spiro atoms. The Hall–Kier alpha value is -2.74. The molecule has 0 aliphatic rings. The van der Waals surface area contributed by atoms with Crippen LogP contribution in [0.3, 0.4) is 0 Å². The van der Waals surface area contributed by atoms with Gasteiger partial charge in [0, 0.05) is 17.8 Å². The minimum absolute atomic E-state index is 0.0178. The summed E-state index contributed by atoms with van der Waals surface area (Å²) in [4.78, 5) is 51.8. The number of ketones is 2. The lowest BCUT2D eigenvalue weighted by molar-refractivity contribution is -0.142. The molecule has 0 atom stereocenters. The fourth-order valence-electron chi connectivity index (χ4n) is 2.65. The largest absolute Gasteiger partial charge is 0.462 e. The molecule has 2 heterocycles. The Morgan fingerprint density at radius 2 is 1.70 bits per heavy atom. The molecule has 0 radical (unpaired) electrons. The highest BCUT2D eigenvalue weighted by molar-refractivity contribution is 7.12. The van der Waals surface area contributed by atoms with Crippen molar-refractivity contribution in [3.05, 3.63) is 44.9 Å². The number of nitrogens with one attached hydrogen (secondary N) is 1. The van der Waals surface area contributed by atoms with Crippen molar-refractivity contribution in [3.63, 3.8) is 0 Å². The minimum Gasteiger partial charge on any atom is -0.462 e. The number of rotatable bonds is 9. The standard InChI is InChI=1S/C19H21NO6S/c1-4-25-19(24)18-12(3)20-11(2)17(18)14(22)10-26-16(23)8-7-13(21)15-6-5-9-27-15/h5-6,9,20H,4,7-8,10H2,1-3H3. The number of ether oxygens (including phenoxy) is 2. The zero-order valence-corrected chi connectivity index (χ0v) is 16.2. The molecular formula is C19H21NO6S. The van der Waals surface area contributed by atoms with E-state index in [9.17, 15) is 19.2 Å². The molecule has 2 aromatic heterocycles. The number of hydrogen-bond donors (Lipinski definition) is 1. The highest BCUT2D eigenvalue weighted by atomic mass is 32.1. The molecule has 27 heavy (non-hydrogen) atoms. The average molecular weight is 391 g/mol. The van der Waals surface area contributed by atoms with E-state index < -0.39 is 24.3 Å². The summed E-state index contributed by atoms with van der Waals surface area (Å²) >= 11 is 1.31. The van der Waals surface area contributed by atoms with Crippen molar-refractivity contribution in [2.75, 3.05) is 13.2 Å². The van der Waals surface area contributed by atoms with E-state index in [1.807, 2.05) is 0 Å². The monoisotopic (exact) mass is 391 g/mol. The number of hydrogen-bond acceptors (Lipinski definition) is 7. The van der Waals surface area contributed by atoms with Crippen LogP contribution in [0.4, 0.5) is 0 Å². The summed E-state index contributed by atoms with van der Waals surface area (Å²) in [7, 11) is 0. The first kappa shape index (κ1) is 20.6. The van der Waals surface area contributed by atoms with Gasteiger partial charge in [-0.2, -0.15) is 0 Å². The van der Waals surface area contributed by atoms with Gasteiger partial charge in [0.25, 0.3) is 0 Å². The highest BCUT2D eigenvalue weighted by Crippen LogP contribution is 2.20. The second-order valence-electron chi connectivity index (χ2n) is 5.83. The summed E-state index contributed by atoms with van der Waals surface area (Å²) < 4.78 is 9.97. The van der Waals surface area contributed by atoms with Gasteiger partial charge in [0.2, 0.25) is 5.78 Å². The Morgan fingerprint density at radius 1 is 1.00 bits per heavy atom. The van der Waals surface area contributed by atoms with Crippen LogP contribution in [0, 0.1) is 13.8 Å². The number of carbonyl (C=O) groups excluding carboxylic acids is 4. The molecule has 2 aromatic rings. The van der Waals surface area contributed by atoms with E-state index in [4.69, 9.17) is 9.47 Å². The molecule has 144 valence electrons. The molecule has 0 bridgehead atoms. The van der Waals surface area contributed by atoms with Crippen LogP contribution in [0.5, 0.6) is 0 Å². The number of Topliss-reactive ketones (excluding diaryl/α,β-unsaturated/α-hetero) is 2. The molecule has 0 fully saturated rings. The lowest BCUT2D eigenvalue weighted by Crippen LogP contribution is -2.18. The molecule has 2 rings (SSSR count). The van der Waals surface area contributed by atoms with Crippen LogP contribution in [0.2, 0.25) is 0 Å². The molecule has 1 N–H and O–H groups in total. The molecule has 0 amide bonds.